The van der Waals surface area contributed by atoms with E-state index in [4.69, 9.17) is 32.7 Å². The minimum absolute atomic E-state index is 0.341. The molecular weight excluding hydrogens is 225 g/mol. The number of rotatable bonds is 1. The fourth-order valence-corrected chi connectivity index (χ4v) is 1.87. The second kappa shape index (κ2) is 3.66. The largest absolute Gasteiger partial charge is 0.344 e. The first-order chi connectivity index (χ1) is 6.60. The van der Waals surface area contributed by atoms with Crippen LogP contribution >= 0.6 is 23.2 Å². The van der Waals surface area contributed by atoms with E-state index in [1.54, 1.807) is 12.1 Å². The van der Waals surface area contributed by atoms with Crippen molar-refractivity contribution in [1.29, 1.82) is 0 Å². The molecule has 1 aliphatic rings. The number of ether oxygens (including phenoxy) is 2. The van der Waals surface area contributed by atoms with Gasteiger partial charge in [-0.3, -0.25) is 0 Å². The zero-order chi connectivity index (χ0) is 10.2. The summed E-state index contributed by atoms with van der Waals surface area (Å²) < 4.78 is 10.9. The minimum Gasteiger partial charge on any atom is -0.344 e. The van der Waals surface area contributed by atoms with Gasteiger partial charge in [-0.2, -0.15) is 0 Å². The number of pyridine rings is 1. The molecule has 0 N–H and O–H groups in total. The third kappa shape index (κ3) is 1.86. The third-order valence-corrected chi connectivity index (χ3v) is 2.51. The van der Waals surface area contributed by atoms with Crippen LogP contribution < -0.4 is 0 Å². The summed E-state index contributed by atoms with van der Waals surface area (Å²) in [6, 6.07) is 3.39. The summed E-state index contributed by atoms with van der Waals surface area (Å²) in [6.07, 6.45) is 0. The molecule has 2 heterocycles. The minimum atomic E-state index is -0.740. The fraction of sp³-hybridized carbons (Fsp3) is 0.444. The number of aromatic nitrogens is 1. The van der Waals surface area contributed by atoms with E-state index < -0.39 is 5.79 Å². The Labute approximate surface area is 91.9 Å². The maximum atomic E-state index is 5.78. The molecule has 5 heteroatoms. The maximum Gasteiger partial charge on any atom is 0.192 e. The second-order valence-corrected chi connectivity index (χ2v) is 3.92. The van der Waals surface area contributed by atoms with Crippen LogP contribution in [0.3, 0.4) is 0 Å². The van der Waals surface area contributed by atoms with Crippen LogP contribution in [-0.4, -0.2) is 18.2 Å². The predicted molar refractivity (Wildman–Crippen MR) is 53.5 cm³/mol. The molecule has 3 nitrogen and oxygen atoms in total. The van der Waals surface area contributed by atoms with Crippen LogP contribution in [0.4, 0.5) is 0 Å². The molecule has 1 aliphatic heterocycles. The van der Waals surface area contributed by atoms with Gasteiger partial charge in [0.2, 0.25) is 0 Å². The Morgan fingerprint density at radius 1 is 1.21 bits per heavy atom. The van der Waals surface area contributed by atoms with Gasteiger partial charge in [-0.25, -0.2) is 4.98 Å². The molecule has 0 amide bonds. The molecule has 0 saturated carbocycles. The number of nitrogens with zero attached hydrogens (tertiary/aromatic N) is 1. The lowest BCUT2D eigenvalue weighted by molar-refractivity contribution is -0.149. The summed E-state index contributed by atoms with van der Waals surface area (Å²) in [5.41, 5.74) is 0.792. The standard InChI is InChI=1S/C9H9Cl2NO2/c1-9(13-2-3-14-9)6-4-7(10)12-8(11)5-6/h4-5H,2-3H2,1H3. The van der Waals surface area contributed by atoms with Crippen LogP contribution in [0.15, 0.2) is 12.1 Å². The molecule has 0 spiro atoms. The summed E-state index contributed by atoms with van der Waals surface area (Å²) in [6.45, 7) is 2.99. The Balaban J connectivity index is 2.40. The van der Waals surface area contributed by atoms with Crippen molar-refractivity contribution >= 4 is 23.2 Å². The Kier molecular flexibility index (Phi) is 2.66. The first-order valence-corrected chi connectivity index (χ1v) is 4.97. The summed E-state index contributed by atoms with van der Waals surface area (Å²) in [5.74, 6) is -0.740. The van der Waals surface area contributed by atoms with E-state index in [0.29, 0.717) is 23.5 Å². The SMILES string of the molecule is CC1(c2cc(Cl)nc(Cl)c2)OCCO1. The second-order valence-electron chi connectivity index (χ2n) is 3.14. The summed E-state index contributed by atoms with van der Waals surface area (Å²) in [5, 5.41) is 0.681. The average molecular weight is 234 g/mol. The van der Waals surface area contributed by atoms with Crippen molar-refractivity contribution < 1.29 is 9.47 Å². The highest BCUT2D eigenvalue weighted by Gasteiger charge is 2.33. The van der Waals surface area contributed by atoms with Crippen molar-refractivity contribution in [2.75, 3.05) is 13.2 Å². The lowest BCUT2D eigenvalue weighted by atomic mass is 10.1. The predicted octanol–water partition coefficient (Wildman–Crippen LogP) is 2.61. The van der Waals surface area contributed by atoms with Crippen molar-refractivity contribution in [2.24, 2.45) is 0 Å². The Hall–Kier alpha value is -0.350. The van der Waals surface area contributed by atoms with Gasteiger partial charge < -0.3 is 9.47 Å². The zero-order valence-electron chi connectivity index (χ0n) is 7.59. The van der Waals surface area contributed by atoms with E-state index in [9.17, 15) is 0 Å². The molecule has 0 aliphatic carbocycles. The van der Waals surface area contributed by atoms with Gasteiger partial charge in [0.1, 0.15) is 10.3 Å². The highest BCUT2D eigenvalue weighted by atomic mass is 35.5. The van der Waals surface area contributed by atoms with Crippen LogP contribution in [0, 0.1) is 0 Å². The van der Waals surface area contributed by atoms with E-state index >= 15 is 0 Å². The zero-order valence-corrected chi connectivity index (χ0v) is 9.10. The maximum absolute atomic E-state index is 5.78. The van der Waals surface area contributed by atoms with Gasteiger partial charge in [0.15, 0.2) is 5.79 Å². The third-order valence-electron chi connectivity index (χ3n) is 2.13. The summed E-state index contributed by atoms with van der Waals surface area (Å²) >= 11 is 11.6. The first kappa shape index (κ1) is 10.2. The topological polar surface area (TPSA) is 31.4 Å². The van der Waals surface area contributed by atoms with Crippen molar-refractivity contribution in [3.8, 4) is 0 Å². The molecule has 2 rings (SSSR count). The van der Waals surface area contributed by atoms with Crippen LogP contribution in [0.5, 0.6) is 0 Å². The van der Waals surface area contributed by atoms with E-state index in [2.05, 4.69) is 4.98 Å². The highest BCUT2D eigenvalue weighted by Crippen LogP contribution is 2.32. The van der Waals surface area contributed by atoms with Crippen molar-refractivity contribution in [2.45, 2.75) is 12.7 Å². The van der Waals surface area contributed by atoms with E-state index in [0.717, 1.165) is 5.56 Å². The van der Waals surface area contributed by atoms with E-state index in [1.165, 1.54) is 0 Å². The van der Waals surface area contributed by atoms with Crippen LogP contribution in [0.25, 0.3) is 0 Å². The Morgan fingerprint density at radius 2 is 1.71 bits per heavy atom. The van der Waals surface area contributed by atoms with Gasteiger partial charge in [-0.05, 0) is 19.1 Å². The number of hydrogen-bond acceptors (Lipinski definition) is 3. The monoisotopic (exact) mass is 233 g/mol. The number of hydrogen-bond donors (Lipinski definition) is 0. The molecule has 0 unspecified atom stereocenters. The van der Waals surface area contributed by atoms with Crippen molar-refractivity contribution in [1.82, 2.24) is 4.98 Å². The van der Waals surface area contributed by atoms with Crippen molar-refractivity contribution in [3.05, 3.63) is 28.0 Å². The molecule has 0 radical (unpaired) electrons. The van der Waals surface area contributed by atoms with Crippen molar-refractivity contribution in [3.63, 3.8) is 0 Å². The molecule has 0 bridgehead atoms. The molecule has 0 atom stereocenters. The van der Waals surface area contributed by atoms with Gasteiger partial charge in [-0.15, -0.1) is 0 Å². The molecule has 1 fully saturated rings. The Bertz CT molecular complexity index is 330. The van der Waals surface area contributed by atoms with E-state index in [-0.39, 0.29) is 0 Å². The van der Waals surface area contributed by atoms with Gasteiger partial charge >= 0.3 is 0 Å². The molecule has 1 aromatic heterocycles. The average Bonchev–Trinajstić information content (AvgIpc) is 2.52. The molecular formula is C9H9Cl2NO2. The lowest BCUT2D eigenvalue weighted by Crippen LogP contribution is -2.22. The molecule has 1 aromatic rings. The fourth-order valence-electron chi connectivity index (χ4n) is 1.41. The van der Waals surface area contributed by atoms with Crippen LogP contribution in [-0.2, 0) is 15.3 Å². The summed E-state index contributed by atoms with van der Waals surface area (Å²) in [7, 11) is 0. The molecule has 76 valence electrons. The van der Waals surface area contributed by atoms with Gasteiger partial charge in [0, 0.05) is 5.56 Å². The van der Waals surface area contributed by atoms with Gasteiger partial charge in [0.05, 0.1) is 13.2 Å². The summed E-state index contributed by atoms with van der Waals surface area (Å²) in [4.78, 5) is 3.86. The first-order valence-electron chi connectivity index (χ1n) is 4.22. The van der Waals surface area contributed by atoms with Gasteiger partial charge in [0.25, 0.3) is 0 Å². The van der Waals surface area contributed by atoms with Crippen LogP contribution in [0.2, 0.25) is 10.3 Å². The number of halogens is 2. The normalized spacial score (nSPS) is 19.9. The highest BCUT2D eigenvalue weighted by molar-refractivity contribution is 6.32. The lowest BCUT2D eigenvalue weighted by Gasteiger charge is -2.22. The van der Waals surface area contributed by atoms with E-state index in [1.807, 2.05) is 6.92 Å². The van der Waals surface area contributed by atoms with Gasteiger partial charge in [-0.1, -0.05) is 23.2 Å². The molecule has 1 saturated heterocycles. The smallest absolute Gasteiger partial charge is 0.192 e. The Morgan fingerprint density at radius 3 is 2.21 bits per heavy atom. The molecule has 0 aromatic carbocycles. The van der Waals surface area contributed by atoms with Crippen LogP contribution in [0.1, 0.15) is 12.5 Å². The quantitative estimate of drug-likeness (QED) is 0.700. The molecule has 14 heavy (non-hydrogen) atoms.